The van der Waals surface area contributed by atoms with Crippen molar-refractivity contribution in [2.24, 2.45) is 0 Å². The van der Waals surface area contributed by atoms with Gasteiger partial charge in [-0.25, -0.2) is 4.79 Å². The van der Waals surface area contributed by atoms with E-state index in [2.05, 4.69) is 15.5 Å². The fourth-order valence-electron chi connectivity index (χ4n) is 2.69. The summed E-state index contributed by atoms with van der Waals surface area (Å²) >= 11 is 0. The zero-order chi connectivity index (χ0) is 17.1. The van der Waals surface area contributed by atoms with Gasteiger partial charge >= 0.3 is 6.03 Å². The Kier molecular flexibility index (Phi) is 4.69. The molecule has 1 N–H and O–H groups in total. The van der Waals surface area contributed by atoms with Crippen molar-refractivity contribution in [2.45, 2.75) is 46.3 Å². The normalized spacial score (nSPS) is 15.7. The smallest absolute Gasteiger partial charge is 0.322 e. The third kappa shape index (κ3) is 3.50. The average Bonchev–Trinajstić information content (AvgIpc) is 3.17. The van der Waals surface area contributed by atoms with E-state index in [4.69, 9.17) is 9.15 Å². The summed E-state index contributed by atoms with van der Waals surface area (Å²) in [6, 6.07) is 5.52. The summed E-state index contributed by atoms with van der Waals surface area (Å²) in [6.07, 6.45) is 1.72. The van der Waals surface area contributed by atoms with Crippen molar-refractivity contribution in [2.75, 3.05) is 11.9 Å². The first-order valence-corrected chi connectivity index (χ1v) is 8.25. The first-order chi connectivity index (χ1) is 11.6. The molecule has 1 aliphatic heterocycles. The molecule has 0 fully saturated rings. The van der Waals surface area contributed by atoms with Crippen LogP contribution in [0.5, 0.6) is 5.75 Å². The average molecular weight is 330 g/mol. The van der Waals surface area contributed by atoms with Crippen LogP contribution in [0.15, 0.2) is 22.6 Å². The summed E-state index contributed by atoms with van der Waals surface area (Å²) < 4.78 is 11.2. The number of aryl methyl sites for hydroxylation is 1. The van der Waals surface area contributed by atoms with Crippen molar-refractivity contribution >= 4 is 11.7 Å². The van der Waals surface area contributed by atoms with Gasteiger partial charge in [-0.15, -0.1) is 10.2 Å². The molecule has 0 saturated carbocycles. The van der Waals surface area contributed by atoms with Crippen LogP contribution in [0.3, 0.4) is 0 Å². The van der Waals surface area contributed by atoms with Crippen molar-refractivity contribution in [3.05, 3.63) is 35.5 Å². The van der Waals surface area contributed by atoms with Gasteiger partial charge in [0.25, 0.3) is 0 Å². The monoisotopic (exact) mass is 330 g/mol. The molecular weight excluding hydrogens is 308 g/mol. The molecule has 2 heterocycles. The molecule has 1 aromatic heterocycles. The number of hydrogen-bond donors (Lipinski definition) is 1. The molecule has 7 nitrogen and oxygen atoms in total. The molecule has 0 spiro atoms. The molecule has 0 aliphatic carbocycles. The lowest BCUT2D eigenvalue weighted by Gasteiger charge is -2.19. The third-order valence-corrected chi connectivity index (χ3v) is 3.95. The maximum Gasteiger partial charge on any atom is 0.322 e. The van der Waals surface area contributed by atoms with Crippen LogP contribution >= 0.6 is 0 Å². The number of urea groups is 1. The summed E-state index contributed by atoms with van der Waals surface area (Å²) in [5, 5.41) is 10.8. The molecule has 7 heteroatoms. The second-order valence-electron chi connectivity index (χ2n) is 5.84. The molecule has 128 valence electrons. The number of ether oxygens (including phenoxy) is 1. The Morgan fingerprint density at radius 1 is 1.33 bits per heavy atom. The lowest BCUT2D eigenvalue weighted by Crippen LogP contribution is -2.34. The number of benzene rings is 1. The molecule has 1 atom stereocenters. The Morgan fingerprint density at radius 3 is 2.83 bits per heavy atom. The van der Waals surface area contributed by atoms with E-state index < -0.39 is 0 Å². The molecule has 1 unspecified atom stereocenters. The SMILES string of the molecule is CCc1nnc(CN(CC)C(=O)Nc2ccc3c(c2)CC(C)O3)o1. The number of rotatable bonds is 5. The van der Waals surface area contributed by atoms with Crippen LogP contribution < -0.4 is 10.1 Å². The maximum atomic E-state index is 12.5. The number of aromatic nitrogens is 2. The van der Waals surface area contributed by atoms with E-state index in [1.807, 2.05) is 39.0 Å². The van der Waals surface area contributed by atoms with Gasteiger partial charge < -0.3 is 19.4 Å². The molecule has 3 rings (SSSR count). The van der Waals surface area contributed by atoms with Crippen LogP contribution in [0.1, 0.15) is 38.1 Å². The highest BCUT2D eigenvalue weighted by Gasteiger charge is 2.20. The second-order valence-corrected chi connectivity index (χ2v) is 5.84. The number of carbonyl (C=O) groups excluding carboxylic acids is 1. The van der Waals surface area contributed by atoms with Crippen LogP contribution in [-0.2, 0) is 19.4 Å². The minimum atomic E-state index is -0.194. The standard InChI is InChI=1S/C17H22N4O3/c1-4-15-19-20-16(24-15)10-21(5-2)17(22)18-13-6-7-14-12(9-13)8-11(3)23-14/h6-7,9,11H,4-5,8,10H2,1-3H3,(H,18,22). The highest BCUT2D eigenvalue weighted by molar-refractivity contribution is 5.89. The number of fused-ring (bicyclic) bond motifs is 1. The number of hydrogen-bond acceptors (Lipinski definition) is 5. The molecule has 2 amide bonds. The lowest BCUT2D eigenvalue weighted by molar-refractivity contribution is 0.205. The van der Waals surface area contributed by atoms with E-state index >= 15 is 0 Å². The van der Waals surface area contributed by atoms with Crippen molar-refractivity contribution in [3.8, 4) is 5.75 Å². The number of amides is 2. The highest BCUT2D eigenvalue weighted by atomic mass is 16.5. The summed E-state index contributed by atoms with van der Waals surface area (Å²) in [4.78, 5) is 14.1. The fourth-order valence-corrected chi connectivity index (χ4v) is 2.69. The quantitative estimate of drug-likeness (QED) is 0.911. The predicted molar refractivity (Wildman–Crippen MR) is 89.0 cm³/mol. The largest absolute Gasteiger partial charge is 0.490 e. The van der Waals surface area contributed by atoms with E-state index in [0.29, 0.717) is 31.3 Å². The zero-order valence-electron chi connectivity index (χ0n) is 14.2. The Balaban J connectivity index is 1.65. The molecule has 24 heavy (non-hydrogen) atoms. The minimum absolute atomic E-state index is 0.184. The van der Waals surface area contributed by atoms with Crippen LogP contribution in [0.2, 0.25) is 0 Å². The van der Waals surface area contributed by atoms with Crippen LogP contribution in [0, 0.1) is 0 Å². The number of nitrogens with one attached hydrogen (secondary N) is 1. The van der Waals surface area contributed by atoms with Crippen molar-refractivity contribution < 1.29 is 13.9 Å². The summed E-state index contributed by atoms with van der Waals surface area (Å²) in [5.74, 6) is 1.92. The highest BCUT2D eigenvalue weighted by Crippen LogP contribution is 2.31. The first-order valence-electron chi connectivity index (χ1n) is 8.25. The first kappa shape index (κ1) is 16.3. The summed E-state index contributed by atoms with van der Waals surface area (Å²) in [7, 11) is 0. The summed E-state index contributed by atoms with van der Waals surface area (Å²) in [6.45, 7) is 6.72. The topological polar surface area (TPSA) is 80.5 Å². The molecule has 0 saturated heterocycles. The molecule has 2 aromatic rings. The van der Waals surface area contributed by atoms with E-state index in [1.165, 1.54) is 0 Å². The Labute approximate surface area is 141 Å². The van der Waals surface area contributed by atoms with Crippen LogP contribution in [0.4, 0.5) is 10.5 Å². The Bertz CT molecular complexity index is 728. The van der Waals surface area contributed by atoms with Crippen molar-refractivity contribution in [3.63, 3.8) is 0 Å². The lowest BCUT2D eigenvalue weighted by atomic mass is 10.1. The zero-order valence-corrected chi connectivity index (χ0v) is 14.2. The molecule has 1 aliphatic rings. The van der Waals surface area contributed by atoms with Crippen LogP contribution in [-0.4, -0.2) is 33.8 Å². The predicted octanol–water partition coefficient (Wildman–Crippen LogP) is 3.01. The van der Waals surface area contributed by atoms with Gasteiger partial charge in [0.15, 0.2) is 0 Å². The van der Waals surface area contributed by atoms with E-state index in [-0.39, 0.29) is 12.1 Å². The second kappa shape index (κ2) is 6.90. The van der Waals surface area contributed by atoms with Gasteiger partial charge in [-0.2, -0.15) is 0 Å². The van der Waals surface area contributed by atoms with Gasteiger partial charge in [0, 0.05) is 25.1 Å². The Morgan fingerprint density at radius 2 is 2.12 bits per heavy atom. The molecule has 0 bridgehead atoms. The minimum Gasteiger partial charge on any atom is -0.490 e. The van der Waals surface area contributed by atoms with Gasteiger partial charge in [0.2, 0.25) is 11.8 Å². The van der Waals surface area contributed by atoms with Crippen molar-refractivity contribution in [1.82, 2.24) is 15.1 Å². The summed E-state index contributed by atoms with van der Waals surface area (Å²) in [5.41, 5.74) is 1.88. The van der Waals surface area contributed by atoms with Crippen LogP contribution in [0.25, 0.3) is 0 Å². The molecule has 0 radical (unpaired) electrons. The molecule has 1 aromatic carbocycles. The van der Waals surface area contributed by atoms with Gasteiger partial charge in [0.05, 0.1) is 0 Å². The van der Waals surface area contributed by atoms with Crippen molar-refractivity contribution in [1.29, 1.82) is 0 Å². The Hall–Kier alpha value is -2.57. The number of nitrogens with zero attached hydrogens (tertiary/aromatic N) is 3. The van der Waals surface area contributed by atoms with E-state index in [0.717, 1.165) is 23.4 Å². The maximum absolute atomic E-state index is 12.5. The van der Waals surface area contributed by atoms with E-state index in [9.17, 15) is 4.79 Å². The van der Waals surface area contributed by atoms with Gasteiger partial charge in [-0.3, -0.25) is 0 Å². The van der Waals surface area contributed by atoms with Gasteiger partial charge in [0.1, 0.15) is 18.4 Å². The van der Waals surface area contributed by atoms with Gasteiger partial charge in [-0.05, 0) is 37.6 Å². The fraction of sp³-hybridized carbons (Fsp3) is 0.471. The number of anilines is 1. The molecular formula is C17H22N4O3. The van der Waals surface area contributed by atoms with E-state index in [1.54, 1.807) is 4.90 Å². The van der Waals surface area contributed by atoms with Gasteiger partial charge in [-0.1, -0.05) is 6.92 Å². The third-order valence-electron chi connectivity index (χ3n) is 3.95. The number of carbonyl (C=O) groups is 1.